The number of ether oxygens (including phenoxy) is 1. The number of piperazine rings is 1. The number of carboxylic acid groups (broad SMARTS) is 1. The van der Waals surface area contributed by atoms with Gasteiger partial charge in [0.1, 0.15) is 5.75 Å². The van der Waals surface area contributed by atoms with E-state index in [4.69, 9.17) is 4.74 Å². The van der Waals surface area contributed by atoms with E-state index in [-0.39, 0.29) is 11.9 Å². The Morgan fingerprint density at radius 1 is 0.925 bits per heavy atom. The van der Waals surface area contributed by atoms with Gasteiger partial charge in [0.15, 0.2) is 0 Å². The fourth-order valence-electron chi connectivity index (χ4n) is 5.04. The number of urea groups is 1. The van der Waals surface area contributed by atoms with Gasteiger partial charge in [-0.25, -0.2) is 9.59 Å². The molecule has 0 aromatic heterocycles. The van der Waals surface area contributed by atoms with Crippen LogP contribution in [0.5, 0.6) is 5.75 Å². The average molecular weight is 543 g/mol. The fourth-order valence-corrected chi connectivity index (χ4v) is 5.04. The lowest BCUT2D eigenvalue weighted by molar-refractivity contribution is 0.108. The molecule has 40 heavy (non-hydrogen) atoms. The number of benzene rings is 3. The van der Waals surface area contributed by atoms with Crippen LogP contribution in [0.15, 0.2) is 97.1 Å². The van der Waals surface area contributed by atoms with E-state index < -0.39 is 6.09 Å². The Kier molecular flexibility index (Phi) is 10.2. The minimum Gasteiger partial charge on any atom is -0.497 e. The number of nitrogens with one attached hydrogen (secondary N) is 1. The van der Waals surface area contributed by atoms with Crippen molar-refractivity contribution in [2.45, 2.75) is 12.3 Å². The topological polar surface area (TPSA) is 85.4 Å². The van der Waals surface area contributed by atoms with Crippen molar-refractivity contribution in [2.24, 2.45) is 0 Å². The molecule has 1 heterocycles. The predicted octanol–water partition coefficient (Wildman–Crippen LogP) is 5.60. The standard InChI is InChI=1S/C32H38N4O4/c1-25(23-34-19-21-35(22-20-34)32(38)39)24-36(31(37)33-28-13-15-29(40-2)16-14-28)18-17-30(26-9-5-3-6-10-26)27-11-7-4-8-12-27/h3-16,30H,1,17-24H2,2H3,(H,33,37)(H,38,39). The highest BCUT2D eigenvalue weighted by Gasteiger charge is 2.23. The van der Waals surface area contributed by atoms with Crippen molar-refractivity contribution in [3.05, 3.63) is 108 Å². The maximum absolute atomic E-state index is 13.6. The third-order valence-electron chi connectivity index (χ3n) is 7.22. The average Bonchev–Trinajstić information content (AvgIpc) is 2.98. The zero-order valence-electron chi connectivity index (χ0n) is 23.0. The molecule has 8 nitrogen and oxygen atoms in total. The number of hydrogen-bond donors (Lipinski definition) is 2. The molecule has 0 saturated carbocycles. The van der Waals surface area contributed by atoms with E-state index in [1.165, 1.54) is 16.0 Å². The third-order valence-corrected chi connectivity index (χ3v) is 7.22. The summed E-state index contributed by atoms with van der Waals surface area (Å²) < 4.78 is 5.24. The first kappa shape index (κ1) is 28.7. The van der Waals surface area contributed by atoms with E-state index in [9.17, 15) is 14.7 Å². The number of rotatable bonds is 11. The molecule has 0 unspecified atom stereocenters. The van der Waals surface area contributed by atoms with Gasteiger partial charge in [0, 0.05) is 57.4 Å². The van der Waals surface area contributed by atoms with Gasteiger partial charge in [-0.3, -0.25) is 4.90 Å². The van der Waals surface area contributed by atoms with Crippen LogP contribution in [0.4, 0.5) is 15.3 Å². The molecular formula is C32H38N4O4. The first-order valence-corrected chi connectivity index (χ1v) is 13.6. The molecule has 2 N–H and O–H groups in total. The molecule has 0 aliphatic carbocycles. The summed E-state index contributed by atoms with van der Waals surface area (Å²) in [5.74, 6) is 0.857. The summed E-state index contributed by atoms with van der Waals surface area (Å²) in [5.41, 5.74) is 4.01. The van der Waals surface area contributed by atoms with Gasteiger partial charge in [-0.15, -0.1) is 0 Å². The summed E-state index contributed by atoms with van der Waals surface area (Å²) in [7, 11) is 1.61. The number of hydrogen-bond acceptors (Lipinski definition) is 4. The summed E-state index contributed by atoms with van der Waals surface area (Å²) >= 11 is 0. The molecule has 0 radical (unpaired) electrons. The van der Waals surface area contributed by atoms with Crippen LogP contribution in [0, 0.1) is 0 Å². The van der Waals surface area contributed by atoms with Crippen LogP contribution in [0.3, 0.4) is 0 Å². The summed E-state index contributed by atoms with van der Waals surface area (Å²) in [4.78, 5) is 30.3. The normalized spacial score (nSPS) is 13.6. The molecule has 3 aromatic rings. The van der Waals surface area contributed by atoms with Gasteiger partial charge in [0.25, 0.3) is 0 Å². The van der Waals surface area contributed by atoms with Crippen LogP contribution in [0.25, 0.3) is 0 Å². The van der Waals surface area contributed by atoms with Gasteiger partial charge in [-0.1, -0.05) is 67.2 Å². The van der Waals surface area contributed by atoms with Crippen LogP contribution in [0.2, 0.25) is 0 Å². The lowest BCUT2D eigenvalue weighted by Crippen LogP contribution is -2.49. The summed E-state index contributed by atoms with van der Waals surface area (Å²) in [6.45, 7) is 8.07. The molecular weight excluding hydrogens is 504 g/mol. The Balaban J connectivity index is 1.47. The first-order valence-electron chi connectivity index (χ1n) is 13.6. The van der Waals surface area contributed by atoms with Gasteiger partial charge in [-0.05, 0) is 47.4 Å². The monoisotopic (exact) mass is 542 g/mol. The molecule has 1 saturated heterocycles. The highest BCUT2D eigenvalue weighted by atomic mass is 16.5. The van der Waals surface area contributed by atoms with Crippen molar-refractivity contribution in [1.29, 1.82) is 0 Å². The van der Waals surface area contributed by atoms with Crippen molar-refractivity contribution in [1.82, 2.24) is 14.7 Å². The van der Waals surface area contributed by atoms with Crippen LogP contribution >= 0.6 is 0 Å². The summed E-state index contributed by atoms with van der Waals surface area (Å²) in [6, 6.07) is 27.8. The third kappa shape index (κ3) is 8.10. The van der Waals surface area contributed by atoms with Crippen molar-refractivity contribution in [3.63, 3.8) is 0 Å². The molecule has 3 amide bonds. The second-order valence-corrected chi connectivity index (χ2v) is 10.0. The molecule has 0 bridgehead atoms. The van der Waals surface area contributed by atoms with Crippen molar-refractivity contribution in [3.8, 4) is 5.75 Å². The smallest absolute Gasteiger partial charge is 0.407 e. The van der Waals surface area contributed by atoms with E-state index in [0.717, 1.165) is 17.7 Å². The van der Waals surface area contributed by atoms with Crippen LogP contribution in [0.1, 0.15) is 23.5 Å². The van der Waals surface area contributed by atoms with E-state index in [0.29, 0.717) is 51.5 Å². The van der Waals surface area contributed by atoms with Crippen molar-refractivity contribution >= 4 is 17.8 Å². The zero-order valence-corrected chi connectivity index (χ0v) is 23.0. The molecule has 0 atom stereocenters. The maximum Gasteiger partial charge on any atom is 0.407 e. The van der Waals surface area contributed by atoms with Gasteiger partial charge in [0.2, 0.25) is 0 Å². The molecule has 1 aliphatic rings. The van der Waals surface area contributed by atoms with Crippen LogP contribution in [-0.2, 0) is 0 Å². The number of carbonyl (C=O) groups excluding carboxylic acids is 1. The Bertz CT molecular complexity index is 1200. The molecule has 210 valence electrons. The second-order valence-electron chi connectivity index (χ2n) is 10.0. The first-order chi connectivity index (χ1) is 19.4. The van der Waals surface area contributed by atoms with Crippen molar-refractivity contribution < 1.29 is 19.4 Å². The highest BCUT2D eigenvalue weighted by Crippen LogP contribution is 2.28. The second kappa shape index (κ2) is 14.2. The molecule has 0 spiro atoms. The number of methoxy groups -OCH3 is 1. The lowest BCUT2D eigenvalue weighted by atomic mass is 9.88. The summed E-state index contributed by atoms with van der Waals surface area (Å²) in [5, 5.41) is 12.3. The van der Waals surface area contributed by atoms with Gasteiger partial charge in [-0.2, -0.15) is 0 Å². The van der Waals surface area contributed by atoms with E-state index in [2.05, 4.69) is 41.1 Å². The van der Waals surface area contributed by atoms with Gasteiger partial charge < -0.3 is 25.0 Å². The molecule has 8 heteroatoms. The van der Waals surface area contributed by atoms with Gasteiger partial charge >= 0.3 is 12.1 Å². The number of carbonyl (C=O) groups is 2. The molecule has 4 rings (SSSR count). The van der Waals surface area contributed by atoms with Crippen molar-refractivity contribution in [2.75, 3.05) is 58.2 Å². The largest absolute Gasteiger partial charge is 0.497 e. The Labute approximate surface area is 236 Å². The maximum atomic E-state index is 13.6. The predicted molar refractivity (Wildman–Crippen MR) is 158 cm³/mol. The van der Waals surface area contributed by atoms with E-state index >= 15 is 0 Å². The Hall–Kier alpha value is -4.30. The van der Waals surface area contributed by atoms with E-state index in [1.54, 1.807) is 7.11 Å². The summed E-state index contributed by atoms with van der Waals surface area (Å²) in [6.07, 6.45) is -0.138. The zero-order chi connectivity index (χ0) is 28.3. The Morgan fingerprint density at radius 2 is 1.50 bits per heavy atom. The number of nitrogens with zero attached hydrogens (tertiary/aromatic N) is 3. The quantitative estimate of drug-likeness (QED) is 0.308. The SMILES string of the molecule is C=C(CN1CCN(C(=O)O)CC1)CN(CCC(c1ccccc1)c1ccccc1)C(=O)Nc1ccc(OC)cc1. The Morgan fingerprint density at radius 3 is 2.02 bits per heavy atom. The van der Waals surface area contributed by atoms with E-state index in [1.807, 2.05) is 65.6 Å². The molecule has 1 aliphatic heterocycles. The molecule has 3 aromatic carbocycles. The minimum atomic E-state index is -0.883. The van der Waals surface area contributed by atoms with Crippen LogP contribution in [-0.4, -0.2) is 84.9 Å². The lowest BCUT2D eigenvalue weighted by Gasteiger charge is -2.34. The van der Waals surface area contributed by atoms with Gasteiger partial charge in [0.05, 0.1) is 7.11 Å². The molecule has 1 fully saturated rings. The highest BCUT2D eigenvalue weighted by molar-refractivity contribution is 5.89. The van der Waals surface area contributed by atoms with Crippen LogP contribution < -0.4 is 10.1 Å². The minimum absolute atomic E-state index is 0.135. The number of amides is 3. The fraction of sp³-hybridized carbons (Fsp3) is 0.312. The number of anilines is 1.